The molecule has 1 amide bonds. The standard InChI is InChI=1S/C22H25FN4O5/c1-27-21-15(13-25-27)10-14(22(28)26-24)11-20(21)32-19-3-2-17(12-18(19)23)31-9-8-30-16-4-6-29-7-5-16/h2-3,10-13,16H,4-9,24H2,1H3,(H,26,28). The number of carbonyl (C=O) groups excluding carboxylic acids is 1. The Balaban J connectivity index is 1.44. The van der Waals surface area contributed by atoms with Crippen molar-refractivity contribution < 1.29 is 28.1 Å². The highest BCUT2D eigenvalue weighted by atomic mass is 19.1. The van der Waals surface area contributed by atoms with E-state index >= 15 is 0 Å². The van der Waals surface area contributed by atoms with E-state index in [-0.39, 0.29) is 23.2 Å². The van der Waals surface area contributed by atoms with Gasteiger partial charge in [-0.1, -0.05) is 0 Å². The van der Waals surface area contributed by atoms with Crippen LogP contribution in [0, 0.1) is 5.82 Å². The summed E-state index contributed by atoms with van der Waals surface area (Å²) in [4.78, 5) is 12.0. The van der Waals surface area contributed by atoms with Crippen molar-refractivity contribution in [3.8, 4) is 17.2 Å². The molecule has 0 atom stereocenters. The first kappa shape index (κ1) is 22.0. The normalized spacial score (nSPS) is 14.5. The molecule has 1 saturated heterocycles. The number of aryl methyl sites for hydroxylation is 1. The summed E-state index contributed by atoms with van der Waals surface area (Å²) in [5, 5.41) is 4.84. The van der Waals surface area contributed by atoms with Crippen molar-refractivity contribution in [2.75, 3.05) is 26.4 Å². The molecule has 1 fully saturated rings. The van der Waals surface area contributed by atoms with Gasteiger partial charge in [0, 0.05) is 37.3 Å². The number of nitrogens with two attached hydrogens (primary N) is 1. The zero-order valence-electron chi connectivity index (χ0n) is 17.7. The Labute approximate surface area is 184 Å². The number of hydrazine groups is 1. The van der Waals surface area contributed by atoms with Crippen LogP contribution in [0.15, 0.2) is 36.5 Å². The molecule has 0 radical (unpaired) electrons. The molecule has 0 unspecified atom stereocenters. The summed E-state index contributed by atoms with van der Waals surface area (Å²) in [6, 6.07) is 7.46. The molecule has 1 aliphatic rings. The van der Waals surface area contributed by atoms with Crippen molar-refractivity contribution >= 4 is 16.8 Å². The fourth-order valence-corrected chi connectivity index (χ4v) is 3.56. The molecular formula is C22H25FN4O5. The van der Waals surface area contributed by atoms with Crippen molar-refractivity contribution in [3.05, 3.63) is 47.9 Å². The third-order valence-corrected chi connectivity index (χ3v) is 5.19. The van der Waals surface area contributed by atoms with Gasteiger partial charge in [-0.2, -0.15) is 5.10 Å². The van der Waals surface area contributed by atoms with Crippen molar-refractivity contribution in [2.45, 2.75) is 18.9 Å². The number of rotatable bonds is 8. The maximum absolute atomic E-state index is 14.7. The smallest absolute Gasteiger partial charge is 0.265 e. The number of benzene rings is 2. The summed E-state index contributed by atoms with van der Waals surface area (Å²) in [6.07, 6.45) is 3.52. The van der Waals surface area contributed by atoms with Crippen molar-refractivity contribution in [1.82, 2.24) is 15.2 Å². The van der Waals surface area contributed by atoms with E-state index in [1.54, 1.807) is 30.1 Å². The van der Waals surface area contributed by atoms with E-state index in [0.717, 1.165) is 12.8 Å². The topological polar surface area (TPSA) is 110 Å². The molecule has 1 aromatic heterocycles. The molecular weight excluding hydrogens is 419 g/mol. The fraction of sp³-hybridized carbons (Fsp3) is 0.364. The number of nitrogen functional groups attached to an aromatic ring is 1. The van der Waals surface area contributed by atoms with Gasteiger partial charge in [-0.05, 0) is 37.1 Å². The Hall–Kier alpha value is -3.21. The van der Waals surface area contributed by atoms with E-state index in [1.165, 1.54) is 18.2 Å². The lowest BCUT2D eigenvalue weighted by Gasteiger charge is -2.22. The van der Waals surface area contributed by atoms with Gasteiger partial charge in [-0.3, -0.25) is 14.9 Å². The average molecular weight is 444 g/mol. The van der Waals surface area contributed by atoms with E-state index < -0.39 is 11.7 Å². The van der Waals surface area contributed by atoms with Gasteiger partial charge in [0.25, 0.3) is 5.91 Å². The first-order chi connectivity index (χ1) is 15.5. The third-order valence-electron chi connectivity index (χ3n) is 5.19. The lowest BCUT2D eigenvalue weighted by atomic mass is 10.1. The first-order valence-electron chi connectivity index (χ1n) is 10.3. The molecule has 3 aromatic rings. The number of aromatic nitrogens is 2. The number of amides is 1. The number of hydrogen-bond acceptors (Lipinski definition) is 7. The van der Waals surface area contributed by atoms with Crippen LogP contribution in [0.1, 0.15) is 23.2 Å². The minimum atomic E-state index is -0.600. The van der Waals surface area contributed by atoms with Gasteiger partial charge in [0.1, 0.15) is 17.9 Å². The number of nitrogens with one attached hydrogen (secondary N) is 1. The van der Waals surface area contributed by atoms with E-state index in [9.17, 15) is 9.18 Å². The van der Waals surface area contributed by atoms with Crippen LogP contribution in [0.5, 0.6) is 17.2 Å². The summed E-state index contributed by atoms with van der Waals surface area (Å²) in [6.45, 7) is 2.15. The number of hydrogen-bond donors (Lipinski definition) is 2. The summed E-state index contributed by atoms with van der Waals surface area (Å²) in [7, 11) is 1.73. The molecule has 1 aliphatic heterocycles. The SMILES string of the molecule is Cn1ncc2cc(C(=O)NN)cc(Oc3ccc(OCCOC4CCOCC4)cc3F)c21. The Morgan fingerprint density at radius 2 is 2.06 bits per heavy atom. The fourth-order valence-electron chi connectivity index (χ4n) is 3.56. The molecule has 9 nitrogen and oxygen atoms in total. The molecule has 0 saturated carbocycles. The molecule has 0 bridgehead atoms. The molecule has 0 aliphatic carbocycles. The van der Waals surface area contributed by atoms with E-state index in [4.69, 9.17) is 24.8 Å². The zero-order valence-corrected chi connectivity index (χ0v) is 17.7. The van der Waals surface area contributed by atoms with Crippen LogP contribution in [0.2, 0.25) is 0 Å². The van der Waals surface area contributed by atoms with Crippen LogP contribution < -0.4 is 20.7 Å². The second kappa shape index (κ2) is 9.94. The highest BCUT2D eigenvalue weighted by Gasteiger charge is 2.17. The van der Waals surface area contributed by atoms with Crippen LogP contribution in [-0.4, -0.2) is 48.2 Å². The van der Waals surface area contributed by atoms with E-state index in [0.29, 0.717) is 43.1 Å². The minimum Gasteiger partial charge on any atom is -0.491 e. The minimum absolute atomic E-state index is 0.0105. The van der Waals surface area contributed by atoms with Gasteiger partial charge in [0.15, 0.2) is 17.3 Å². The predicted molar refractivity (Wildman–Crippen MR) is 114 cm³/mol. The van der Waals surface area contributed by atoms with Crippen LogP contribution >= 0.6 is 0 Å². The summed E-state index contributed by atoms with van der Waals surface area (Å²) in [5.41, 5.74) is 2.96. The molecule has 4 rings (SSSR count). The van der Waals surface area contributed by atoms with Gasteiger partial charge in [-0.25, -0.2) is 10.2 Å². The zero-order chi connectivity index (χ0) is 22.5. The number of carbonyl (C=O) groups is 1. The van der Waals surface area contributed by atoms with Crippen molar-refractivity contribution in [1.29, 1.82) is 0 Å². The highest BCUT2D eigenvalue weighted by Crippen LogP contribution is 2.33. The maximum atomic E-state index is 14.7. The summed E-state index contributed by atoms with van der Waals surface area (Å²) < 4.78 is 38.7. The molecule has 3 N–H and O–H groups in total. The second-order valence-electron chi connectivity index (χ2n) is 7.38. The number of fused-ring (bicyclic) bond motifs is 1. The van der Waals surface area contributed by atoms with Gasteiger partial charge < -0.3 is 18.9 Å². The highest BCUT2D eigenvalue weighted by molar-refractivity contribution is 5.99. The van der Waals surface area contributed by atoms with Gasteiger partial charge in [0.2, 0.25) is 0 Å². The predicted octanol–water partition coefficient (Wildman–Crippen LogP) is 2.68. The number of ether oxygens (including phenoxy) is 4. The molecule has 170 valence electrons. The maximum Gasteiger partial charge on any atom is 0.265 e. The van der Waals surface area contributed by atoms with Gasteiger partial charge >= 0.3 is 0 Å². The monoisotopic (exact) mass is 444 g/mol. The average Bonchev–Trinajstić information content (AvgIpc) is 3.19. The molecule has 32 heavy (non-hydrogen) atoms. The Bertz CT molecular complexity index is 1100. The number of nitrogens with zero attached hydrogens (tertiary/aromatic N) is 2. The summed E-state index contributed by atoms with van der Waals surface area (Å²) >= 11 is 0. The van der Waals surface area contributed by atoms with Crippen molar-refractivity contribution in [3.63, 3.8) is 0 Å². The summed E-state index contributed by atoms with van der Waals surface area (Å²) in [5.74, 6) is 4.78. The van der Waals surface area contributed by atoms with Crippen LogP contribution in [0.4, 0.5) is 4.39 Å². The number of halogens is 1. The van der Waals surface area contributed by atoms with E-state index in [2.05, 4.69) is 10.5 Å². The van der Waals surface area contributed by atoms with Crippen LogP contribution in [0.3, 0.4) is 0 Å². The second-order valence-corrected chi connectivity index (χ2v) is 7.38. The molecule has 0 spiro atoms. The van der Waals surface area contributed by atoms with Crippen molar-refractivity contribution in [2.24, 2.45) is 12.9 Å². The third kappa shape index (κ3) is 4.98. The lowest BCUT2D eigenvalue weighted by molar-refractivity contribution is -0.0388. The largest absolute Gasteiger partial charge is 0.491 e. The first-order valence-corrected chi connectivity index (χ1v) is 10.3. The van der Waals surface area contributed by atoms with Crippen LogP contribution in [0.25, 0.3) is 10.9 Å². The van der Waals surface area contributed by atoms with Crippen LogP contribution in [-0.2, 0) is 16.5 Å². The quantitative estimate of drug-likeness (QED) is 0.238. The van der Waals surface area contributed by atoms with Gasteiger partial charge in [-0.15, -0.1) is 0 Å². The Kier molecular flexibility index (Phi) is 6.84. The van der Waals surface area contributed by atoms with Gasteiger partial charge in [0.05, 0.1) is 18.9 Å². The lowest BCUT2D eigenvalue weighted by Crippen LogP contribution is -2.29. The molecule has 2 heterocycles. The Morgan fingerprint density at radius 1 is 1.25 bits per heavy atom. The molecule has 10 heteroatoms. The Morgan fingerprint density at radius 3 is 2.81 bits per heavy atom. The van der Waals surface area contributed by atoms with E-state index in [1.807, 2.05) is 0 Å². The molecule has 2 aromatic carbocycles.